The number of unbranched alkanes of at least 4 members (excludes halogenated alkanes) is 3. The van der Waals surface area contributed by atoms with Crippen LogP contribution in [0.2, 0.25) is 18.1 Å². The fourth-order valence-electron chi connectivity index (χ4n) is 5.64. The molecule has 0 bridgehead atoms. The molecule has 1 N–H and O–H groups in total. The third-order valence-corrected chi connectivity index (χ3v) is 14.1. The van der Waals surface area contributed by atoms with E-state index in [-0.39, 0.29) is 22.7 Å². The maximum atomic E-state index is 9.98. The van der Waals surface area contributed by atoms with E-state index >= 15 is 0 Å². The van der Waals surface area contributed by atoms with E-state index in [2.05, 4.69) is 95.7 Å². The van der Waals surface area contributed by atoms with Crippen LogP contribution in [0.1, 0.15) is 110 Å². The van der Waals surface area contributed by atoms with Crippen LogP contribution in [0.15, 0.2) is 23.8 Å². The Labute approximate surface area is 230 Å². The average molecular weight is 580 g/mol. The molecule has 3 rings (SSSR count). The van der Waals surface area contributed by atoms with Gasteiger partial charge in [-0.05, 0) is 86.3 Å². The van der Waals surface area contributed by atoms with Gasteiger partial charge in [-0.25, -0.2) is 0 Å². The van der Waals surface area contributed by atoms with Gasteiger partial charge in [0.1, 0.15) is 17.1 Å². The molecular weight excluding hydrogens is 528 g/mol. The molecule has 0 spiro atoms. The highest BCUT2D eigenvalue weighted by atomic mass is 79.9. The van der Waals surface area contributed by atoms with Crippen molar-refractivity contribution in [2.24, 2.45) is 5.92 Å². The number of alkyl halides is 1. The number of hydrogen-bond donors (Lipinski definition) is 1. The Bertz CT molecular complexity index is 942. The van der Waals surface area contributed by atoms with Crippen LogP contribution in [0.5, 0.6) is 11.5 Å². The first-order valence-electron chi connectivity index (χ1n) is 14.0. The maximum Gasteiger partial charge on any atom is 0.250 e. The van der Waals surface area contributed by atoms with E-state index in [4.69, 9.17) is 9.16 Å². The first-order valence-corrected chi connectivity index (χ1v) is 18.1. The van der Waals surface area contributed by atoms with Crippen LogP contribution < -0.4 is 9.16 Å². The lowest BCUT2D eigenvalue weighted by molar-refractivity contribution is 0.00689. The van der Waals surface area contributed by atoms with Gasteiger partial charge in [-0.1, -0.05) is 75.9 Å². The third kappa shape index (κ3) is 6.43. The zero-order chi connectivity index (χ0) is 26.9. The Hall–Kier alpha value is -0.783. The molecule has 0 fully saturated rings. The lowest BCUT2D eigenvalue weighted by Crippen LogP contribution is -2.47. The number of fused-ring (bicyclic) bond motifs is 3. The van der Waals surface area contributed by atoms with Gasteiger partial charge < -0.3 is 14.3 Å². The van der Waals surface area contributed by atoms with Gasteiger partial charge >= 0.3 is 0 Å². The maximum absolute atomic E-state index is 9.98. The minimum Gasteiger partial charge on any atom is -0.543 e. The molecule has 0 saturated carbocycles. The Morgan fingerprint density at radius 3 is 2.36 bits per heavy atom. The molecule has 3 nitrogen and oxygen atoms in total. The van der Waals surface area contributed by atoms with E-state index in [0.717, 1.165) is 41.7 Å². The normalized spacial score (nSPS) is 21.8. The summed E-state index contributed by atoms with van der Waals surface area (Å²) < 4.78 is 13.9. The number of benzene rings is 1. The fourth-order valence-corrected chi connectivity index (χ4v) is 7.06. The first kappa shape index (κ1) is 29.8. The molecule has 0 unspecified atom stereocenters. The van der Waals surface area contributed by atoms with Crippen LogP contribution in [0.25, 0.3) is 0 Å². The van der Waals surface area contributed by atoms with Crippen LogP contribution in [-0.4, -0.2) is 31.0 Å². The van der Waals surface area contributed by atoms with Crippen LogP contribution in [-0.2, 0) is 5.41 Å². The van der Waals surface area contributed by atoms with Gasteiger partial charge in [0.05, 0.1) is 6.61 Å². The van der Waals surface area contributed by atoms with Crippen LogP contribution in [0.3, 0.4) is 0 Å². The molecule has 1 aliphatic heterocycles. The topological polar surface area (TPSA) is 38.7 Å². The standard InChI is InChI=1S/C31H51BrO3Si/c1-29(2,3)36(8,9)35-27-20-23(30(4,5)16-12-10-11-13-17-32)19-26-28(27)24-18-22(21-33)14-15-25(24)31(6,7)34-26/h14,19-20,24-25,33H,10-13,15-18,21H2,1-9H3/t24-,25-/m1/s1. The molecule has 2 aliphatic rings. The lowest BCUT2D eigenvalue weighted by atomic mass is 9.66. The Morgan fingerprint density at radius 1 is 1.08 bits per heavy atom. The van der Waals surface area contributed by atoms with Crippen molar-refractivity contribution >= 4 is 24.2 Å². The van der Waals surface area contributed by atoms with Crippen molar-refractivity contribution in [2.45, 2.75) is 128 Å². The van der Waals surface area contributed by atoms with E-state index in [1.54, 1.807) is 0 Å². The number of halogens is 1. The average Bonchev–Trinajstić information content (AvgIpc) is 2.76. The second-order valence-electron chi connectivity index (χ2n) is 13.9. The number of aliphatic hydroxyl groups is 1. The van der Waals surface area contributed by atoms with Crippen LogP contribution in [0, 0.1) is 5.92 Å². The summed E-state index contributed by atoms with van der Waals surface area (Å²) in [6.45, 7) is 21.0. The number of rotatable bonds is 10. The van der Waals surface area contributed by atoms with Crippen LogP contribution in [0.4, 0.5) is 0 Å². The number of aliphatic hydroxyl groups excluding tert-OH is 1. The summed E-state index contributed by atoms with van der Waals surface area (Å²) in [6, 6.07) is 4.68. The fraction of sp³-hybridized carbons (Fsp3) is 0.742. The predicted molar refractivity (Wildman–Crippen MR) is 160 cm³/mol. The minimum atomic E-state index is -2.07. The quantitative estimate of drug-likeness (QED) is 0.130. The van der Waals surface area contributed by atoms with Crippen molar-refractivity contribution in [3.8, 4) is 11.5 Å². The summed E-state index contributed by atoms with van der Waals surface area (Å²) in [5.74, 6) is 2.71. The van der Waals surface area contributed by atoms with E-state index in [0.29, 0.717) is 11.8 Å². The summed E-state index contributed by atoms with van der Waals surface area (Å²) in [6.07, 6.45) is 10.2. The minimum absolute atomic E-state index is 0.0437. The Balaban J connectivity index is 2.08. The summed E-state index contributed by atoms with van der Waals surface area (Å²) >= 11 is 3.56. The van der Waals surface area contributed by atoms with Gasteiger partial charge in [0.25, 0.3) is 0 Å². The predicted octanol–water partition coefficient (Wildman–Crippen LogP) is 9.28. The van der Waals surface area contributed by atoms with Gasteiger partial charge in [0.2, 0.25) is 8.32 Å². The highest BCUT2D eigenvalue weighted by Crippen LogP contribution is 2.56. The largest absolute Gasteiger partial charge is 0.543 e. The Kier molecular flexibility index (Phi) is 9.21. The molecule has 36 heavy (non-hydrogen) atoms. The zero-order valence-corrected chi connectivity index (χ0v) is 27.0. The monoisotopic (exact) mass is 578 g/mol. The van der Waals surface area contributed by atoms with Crippen molar-refractivity contribution in [3.63, 3.8) is 0 Å². The molecule has 1 heterocycles. The van der Waals surface area contributed by atoms with Gasteiger partial charge in [-0.15, -0.1) is 0 Å². The highest BCUT2D eigenvalue weighted by molar-refractivity contribution is 9.09. The van der Waals surface area contributed by atoms with Crippen molar-refractivity contribution in [1.82, 2.24) is 0 Å². The number of hydrogen-bond acceptors (Lipinski definition) is 3. The smallest absolute Gasteiger partial charge is 0.250 e. The lowest BCUT2D eigenvalue weighted by Gasteiger charge is -2.48. The second kappa shape index (κ2) is 11.1. The molecule has 0 amide bonds. The third-order valence-electron chi connectivity index (χ3n) is 9.21. The second-order valence-corrected chi connectivity index (χ2v) is 19.4. The zero-order valence-electron chi connectivity index (χ0n) is 24.4. The molecule has 1 aliphatic carbocycles. The summed E-state index contributed by atoms with van der Waals surface area (Å²) in [4.78, 5) is 0. The van der Waals surface area contributed by atoms with E-state index in [1.807, 2.05) is 0 Å². The van der Waals surface area contributed by atoms with Gasteiger partial charge in [0, 0.05) is 22.7 Å². The van der Waals surface area contributed by atoms with E-state index in [9.17, 15) is 5.11 Å². The number of allylic oxidation sites excluding steroid dienone is 1. The summed E-state index contributed by atoms with van der Waals surface area (Å²) in [5.41, 5.74) is 3.48. The summed E-state index contributed by atoms with van der Waals surface area (Å²) in [5, 5.41) is 11.2. The molecule has 1 aromatic carbocycles. The molecule has 0 saturated heterocycles. The molecular formula is C31H51BrO3Si. The van der Waals surface area contributed by atoms with E-state index < -0.39 is 8.32 Å². The summed E-state index contributed by atoms with van der Waals surface area (Å²) in [7, 11) is -2.07. The van der Waals surface area contributed by atoms with Crippen molar-refractivity contribution < 1.29 is 14.3 Å². The number of ether oxygens (including phenoxy) is 1. The van der Waals surface area contributed by atoms with Crippen molar-refractivity contribution in [3.05, 3.63) is 34.9 Å². The Morgan fingerprint density at radius 2 is 1.75 bits per heavy atom. The molecule has 5 heteroatoms. The first-order chi connectivity index (χ1) is 16.6. The van der Waals surface area contributed by atoms with Gasteiger partial charge in [0.15, 0.2) is 0 Å². The molecule has 204 valence electrons. The molecule has 2 atom stereocenters. The van der Waals surface area contributed by atoms with Crippen LogP contribution >= 0.6 is 15.9 Å². The van der Waals surface area contributed by atoms with Crippen molar-refractivity contribution in [2.75, 3.05) is 11.9 Å². The molecule has 0 radical (unpaired) electrons. The van der Waals surface area contributed by atoms with Crippen molar-refractivity contribution in [1.29, 1.82) is 0 Å². The van der Waals surface area contributed by atoms with Gasteiger partial charge in [-0.3, -0.25) is 0 Å². The highest BCUT2D eigenvalue weighted by Gasteiger charge is 2.48. The van der Waals surface area contributed by atoms with Gasteiger partial charge in [-0.2, -0.15) is 0 Å². The molecule has 1 aromatic rings. The SMILES string of the molecule is CC(C)(CCCCCCBr)c1cc2c(c(O[Si](C)(C)C(C)(C)C)c1)[C@@H]1CC(CO)=CC[C@H]1C(C)(C)O2. The molecule has 0 aromatic heterocycles. The van der Waals surface area contributed by atoms with E-state index in [1.165, 1.54) is 36.8 Å².